The lowest BCUT2D eigenvalue weighted by Crippen LogP contribution is -2.41. The van der Waals surface area contributed by atoms with Crippen molar-refractivity contribution >= 4 is 28.9 Å². The minimum atomic E-state index is -0.638. The van der Waals surface area contributed by atoms with Crippen LogP contribution in [-0.2, 0) is 11.2 Å². The van der Waals surface area contributed by atoms with Gasteiger partial charge in [-0.1, -0.05) is 19.9 Å². The first-order chi connectivity index (χ1) is 14.9. The summed E-state index contributed by atoms with van der Waals surface area (Å²) in [7, 11) is 3.34. The van der Waals surface area contributed by atoms with Crippen LogP contribution in [0.25, 0.3) is 0 Å². The van der Waals surface area contributed by atoms with E-state index in [0.29, 0.717) is 31.5 Å². The van der Waals surface area contributed by atoms with Gasteiger partial charge in [0.05, 0.1) is 19.8 Å². The zero-order valence-electron chi connectivity index (χ0n) is 19.5. The molecule has 0 aliphatic rings. The number of benzene rings is 1. The number of thiazole rings is 1. The monoisotopic (exact) mass is 487 g/mol. The van der Waals surface area contributed by atoms with Crippen LogP contribution in [-0.4, -0.2) is 49.8 Å². The zero-order chi connectivity index (χ0) is 22.6. The summed E-state index contributed by atoms with van der Waals surface area (Å²) >= 11 is 1.47. The Morgan fingerprint density at radius 3 is 2.56 bits per heavy atom. The molecule has 0 saturated carbocycles. The third-order valence-electron chi connectivity index (χ3n) is 5.39. The average Bonchev–Trinajstić information content (AvgIpc) is 3.26. The standard InChI is InChI=1S/C23H37N3O4S.ClH/c1-16(2)18(7-8-19(27)22(24)26-23-25-10-13-31-23)14-17-6-9-20(29-4)21(15-17)30-12-5-11-28-3;/h6,9-10,13,15-16,18-19,22,27H,5,7-8,11-12,14,24H2,1-4H3,(H,25,26);1H/t18-,19-,22-;/m0./s1. The van der Waals surface area contributed by atoms with E-state index in [9.17, 15) is 5.11 Å². The summed E-state index contributed by atoms with van der Waals surface area (Å²) in [6, 6.07) is 6.11. The van der Waals surface area contributed by atoms with Gasteiger partial charge in [-0.05, 0) is 48.8 Å². The number of aliphatic hydroxyl groups is 1. The normalized spacial score (nSPS) is 13.8. The van der Waals surface area contributed by atoms with Crippen LogP contribution in [0.3, 0.4) is 0 Å². The second-order valence-electron chi connectivity index (χ2n) is 8.04. The molecular formula is C23H38ClN3O4S. The predicted octanol–water partition coefficient (Wildman–Crippen LogP) is 4.34. The van der Waals surface area contributed by atoms with Gasteiger partial charge in [0.1, 0.15) is 6.17 Å². The molecule has 2 aromatic rings. The lowest BCUT2D eigenvalue weighted by Gasteiger charge is -2.25. The second kappa shape index (κ2) is 15.3. The third kappa shape index (κ3) is 9.50. The highest BCUT2D eigenvalue weighted by atomic mass is 35.5. The Morgan fingerprint density at radius 1 is 1.16 bits per heavy atom. The number of halogens is 1. The Labute approximate surface area is 202 Å². The van der Waals surface area contributed by atoms with Crippen LogP contribution in [0.2, 0.25) is 0 Å². The molecule has 0 aliphatic carbocycles. The summed E-state index contributed by atoms with van der Waals surface area (Å²) in [4.78, 5) is 4.16. The molecule has 0 amide bonds. The van der Waals surface area contributed by atoms with E-state index in [0.717, 1.165) is 35.9 Å². The van der Waals surface area contributed by atoms with E-state index in [2.05, 4.69) is 36.3 Å². The molecule has 0 saturated heterocycles. The highest BCUT2D eigenvalue weighted by Crippen LogP contribution is 2.31. The summed E-state index contributed by atoms with van der Waals surface area (Å²) < 4.78 is 16.4. The summed E-state index contributed by atoms with van der Waals surface area (Å²) in [5, 5.41) is 16.2. The highest BCUT2D eigenvalue weighted by Gasteiger charge is 2.21. The molecule has 3 atom stereocenters. The molecule has 9 heteroatoms. The van der Waals surface area contributed by atoms with Crippen LogP contribution >= 0.6 is 23.7 Å². The number of hydrogen-bond acceptors (Lipinski definition) is 8. The Hall–Kier alpha value is -1.58. The average molecular weight is 488 g/mol. The smallest absolute Gasteiger partial charge is 0.183 e. The summed E-state index contributed by atoms with van der Waals surface area (Å²) in [5.41, 5.74) is 7.30. The maximum Gasteiger partial charge on any atom is 0.183 e. The van der Waals surface area contributed by atoms with Crippen LogP contribution in [0.4, 0.5) is 5.13 Å². The Balaban J connectivity index is 0.00000512. The fraction of sp³-hybridized carbons (Fsp3) is 0.609. The molecule has 1 aromatic heterocycles. The van der Waals surface area contributed by atoms with Crippen LogP contribution in [0, 0.1) is 11.8 Å². The van der Waals surface area contributed by atoms with Crippen molar-refractivity contribution in [1.82, 2.24) is 4.98 Å². The van der Waals surface area contributed by atoms with Gasteiger partial charge in [0.15, 0.2) is 16.6 Å². The number of nitrogens with two attached hydrogens (primary N) is 1. The van der Waals surface area contributed by atoms with Crippen LogP contribution < -0.4 is 20.5 Å². The molecule has 0 bridgehead atoms. The first-order valence-electron chi connectivity index (χ1n) is 10.8. The largest absolute Gasteiger partial charge is 0.493 e. The molecule has 0 aliphatic heterocycles. The quantitative estimate of drug-likeness (QED) is 0.254. The van der Waals surface area contributed by atoms with E-state index < -0.39 is 12.3 Å². The maximum absolute atomic E-state index is 10.5. The van der Waals surface area contributed by atoms with Gasteiger partial charge in [0, 0.05) is 31.7 Å². The first kappa shape index (κ1) is 28.5. The molecule has 1 heterocycles. The lowest BCUT2D eigenvalue weighted by molar-refractivity contribution is 0.130. The van der Waals surface area contributed by atoms with E-state index in [-0.39, 0.29) is 12.4 Å². The number of nitrogens with zero attached hydrogens (tertiary/aromatic N) is 1. The van der Waals surface area contributed by atoms with Gasteiger partial charge < -0.3 is 30.4 Å². The molecule has 2 rings (SSSR count). The van der Waals surface area contributed by atoms with Crippen molar-refractivity contribution in [3.63, 3.8) is 0 Å². The van der Waals surface area contributed by atoms with Crippen molar-refractivity contribution in [2.45, 2.75) is 51.8 Å². The first-order valence-corrected chi connectivity index (χ1v) is 11.7. The van der Waals surface area contributed by atoms with Crippen molar-refractivity contribution in [3.8, 4) is 11.5 Å². The molecule has 0 unspecified atom stereocenters. The number of hydrogen-bond donors (Lipinski definition) is 3. The van der Waals surface area contributed by atoms with Gasteiger partial charge in [-0.2, -0.15) is 0 Å². The van der Waals surface area contributed by atoms with Crippen LogP contribution in [0.15, 0.2) is 29.8 Å². The van der Waals surface area contributed by atoms with Gasteiger partial charge in [-0.25, -0.2) is 4.98 Å². The molecule has 0 fully saturated rings. The van der Waals surface area contributed by atoms with Crippen molar-refractivity contribution < 1.29 is 19.3 Å². The van der Waals surface area contributed by atoms with Crippen molar-refractivity contribution in [2.75, 3.05) is 32.8 Å². The van der Waals surface area contributed by atoms with Crippen LogP contribution in [0.1, 0.15) is 38.7 Å². The van der Waals surface area contributed by atoms with Gasteiger partial charge in [-0.3, -0.25) is 0 Å². The highest BCUT2D eigenvalue weighted by molar-refractivity contribution is 7.13. The topological polar surface area (TPSA) is 98.9 Å². The molecule has 1 aromatic carbocycles. The number of anilines is 1. The van der Waals surface area contributed by atoms with Gasteiger partial charge >= 0.3 is 0 Å². The minimum Gasteiger partial charge on any atom is -0.493 e. The predicted molar refractivity (Wildman–Crippen MR) is 133 cm³/mol. The van der Waals surface area contributed by atoms with Gasteiger partial charge in [0.25, 0.3) is 0 Å². The van der Waals surface area contributed by atoms with E-state index in [1.807, 2.05) is 11.4 Å². The molecular weight excluding hydrogens is 450 g/mol. The summed E-state index contributed by atoms with van der Waals surface area (Å²) in [5.74, 6) is 2.38. The Morgan fingerprint density at radius 2 is 1.94 bits per heavy atom. The molecule has 4 N–H and O–H groups in total. The molecule has 182 valence electrons. The minimum absolute atomic E-state index is 0. The number of nitrogens with one attached hydrogen (secondary N) is 1. The number of methoxy groups -OCH3 is 2. The molecule has 0 radical (unpaired) electrons. The van der Waals surface area contributed by atoms with E-state index in [4.69, 9.17) is 19.9 Å². The molecule has 0 spiro atoms. The van der Waals surface area contributed by atoms with Gasteiger partial charge in [0.2, 0.25) is 0 Å². The lowest BCUT2D eigenvalue weighted by atomic mass is 9.84. The van der Waals surface area contributed by atoms with Crippen LogP contribution in [0.5, 0.6) is 11.5 Å². The summed E-state index contributed by atoms with van der Waals surface area (Å²) in [6.45, 7) is 5.68. The number of aromatic nitrogens is 1. The van der Waals surface area contributed by atoms with Crippen molar-refractivity contribution in [2.24, 2.45) is 17.6 Å². The number of rotatable bonds is 15. The molecule has 7 nitrogen and oxygen atoms in total. The Bertz CT molecular complexity index is 749. The van der Waals surface area contributed by atoms with E-state index >= 15 is 0 Å². The van der Waals surface area contributed by atoms with Crippen molar-refractivity contribution in [1.29, 1.82) is 0 Å². The van der Waals surface area contributed by atoms with E-state index in [1.165, 1.54) is 16.9 Å². The molecule has 32 heavy (non-hydrogen) atoms. The SMILES string of the molecule is COCCCOc1cc(C[C@H](CC[C@H](O)[C@@H](N)Nc2nccs2)C(C)C)ccc1OC.Cl. The van der Waals surface area contributed by atoms with Crippen molar-refractivity contribution in [3.05, 3.63) is 35.3 Å². The fourth-order valence-corrected chi connectivity index (χ4v) is 3.99. The third-order valence-corrected chi connectivity index (χ3v) is 6.09. The second-order valence-corrected chi connectivity index (χ2v) is 8.93. The number of ether oxygens (including phenoxy) is 3. The fourth-order valence-electron chi connectivity index (χ4n) is 3.42. The zero-order valence-corrected chi connectivity index (χ0v) is 21.1. The van der Waals surface area contributed by atoms with Gasteiger partial charge in [-0.15, -0.1) is 23.7 Å². The van der Waals surface area contributed by atoms with E-state index in [1.54, 1.807) is 20.4 Å². The maximum atomic E-state index is 10.5. The number of aliphatic hydroxyl groups excluding tert-OH is 1. The Kier molecular flexibility index (Phi) is 13.6. The summed E-state index contributed by atoms with van der Waals surface area (Å²) in [6.07, 6.45) is 3.77.